The van der Waals surface area contributed by atoms with E-state index in [9.17, 15) is 0 Å². The summed E-state index contributed by atoms with van der Waals surface area (Å²) in [5, 5.41) is 0. The monoisotopic (exact) mass is 444 g/mol. The first kappa shape index (κ1) is 27.5. The van der Waals surface area contributed by atoms with Crippen molar-refractivity contribution in [2.24, 2.45) is 0 Å². The van der Waals surface area contributed by atoms with Crippen molar-refractivity contribution in [2.75, 3.05) is 46.4 Å². The number of hydrogen-bond donors (Lipinski definition) is 0. The highest BCUT2D eigenvalue weighted by atomic mass is 35.5. The van der Waals surface area contributed by atoms with E-state index < -0.39 is 0 Å². The lowest BCUT2D eigenvalue weighted by molar-refractivity contribution is 0.121. The molecule has 1 atom stereocenters. The van der Waals surface area contributed by atoms with Gasteiger partial charge in [-0.2, -0.15) is 0 Å². The van der Waals surface area contributed by atoms with Crippen molar-refractivity contribution >= 4 is 24.8 Å². The van der Waals surface area contributed by atoms with Crippen LogP contribution in [0.25, 0.3) is 0 Å². The predicted molar refractivity (Wildman–Crippen MR) is 124 cm³/mol. The first-order valence-electron chi connectivity index (χ1n) is 9.60. The summed E-state index contributed by atoms with van der Waals surface area (Å²) < 4.78 is 12.2. The second kappa shape index (κ2) is 14.5. The molecule has 0 radical (unpaired) electrons. The topological polar surface area (TPSA) is 56.4 Å². The number of ether oxygens (including phenoxy) is 2. The Balaban J connectivity index is 0.00000261. The molecule has 1 unspecified atom stereocenters. The molecule has 1 heterocycles. The standard InChI is InChI=1S/C22H30N2O2.2ClH.H2O/c1-3-25-21-11-7-8-12-22(21)26-20(19-9-5-4-6-10-19)13-14-24-17-15-23(2)16-18-24;;;/h4-12,20H,3,13-18H2,1-2H3;2*1H;1H2. The van der Waals surface area contributed by atoms with Gasteiger partial charge >= 0.3 is 0 Å². The van der Waals surface area contributed by atoms with Crippen LogP contribution in [-0.4, -0.2) is 61.7 Å². The Morgan fingerprint density at radius 1 is 0.862 bits per heavy atom. The fraction of sp³-hybridized carbons (Fsp3) is 0.455. The molecule has 1 fully saturated rings. The zero-order valence-electron chi connectivity index (χ0n) is 17.3. The van der Waals surface area contributed by atoms with Gasteiger partial charge in [-0.05, 0) is 31.7 Å². The maximum absolute atomic E-state index is 6.43. The molecule has 3 rings (SSSR count). The molecule has 0 aromatic heterocycles. The van der Waals surface area contributed by atoms with Crippen molar-refractivity contribution in [3.63, 3.8) is 0 Å². The zero-order chi connectivity index (χ0) is 18.2. The van der Waals surface area contributed by atoms with E-state index in [-0.39, 0.29) is 36.4 Å². The molecule has 1 saturated heterocycles. The van der Waals surface area contributed by atoms with Crippen LogP contribution in [0, 0.1) is 0 Å². The van der Waals surface area contributed by atoms with E-state index in [1.165, 1.54) is 5.56 Å². The van der Waals surface area contributed by atoms with Gasteiger partial charge in [0, 0.05) is 39.1 Å². The minimum absolute atomic E-state index is 0. The van der Waals surface area contributed by atoms with Gasteiger partial charge in [0.2, 0.25) is 0 Å². The van der Waals surface area contributed by atoms with Gasteiger partial charge in [0.15, 0.2) is 11.5 Å². The molecule has 164 valence electrons. The number of likely N-dealkylation sites (N-methyl/N-ethyl adjacent to an activating group) is 1. The van der Waals surface area contributed by atoms with Crippen LogP contribution < -0.4 is 9.47 Å². The lowest BCUT2D eigenvalue weighted by Gasteiger charge is -2.33. The lowest BCUT2D eigenvalue weighted by atomic mass is 10.1. The molecule has 2 N–H and O–H groups in total. The van der Waals surface area contributed by atoms with Crippen molar-refractivity contribution < 1.29 is 14.9 Å². The highest BCUT2D eigenvalue weighted by Crippen LogP contribution is 2.32. The smallest absolute Gasteiger partial charge is 0.162 e. The summed E-state index contributed by atoms with van der Waals surface area (Å²) in [5.74, 6) is 1.64. The third kappa shape index (κ3) is 8.41. The summed E-state index contributed by atoms with van der Waals surface area (Å²) in [6.45, 7) is 8.23. The Labute approximate surface area is 187 Å². The fourth-order valence-corrected chi connectivity index (χ4v) is 3.31. The summed E-state index contributed by atoms with van der Waals surface area (Å²) in [4.78, 5) is 4.92. The van der Waals surface area contributed by atoms with E-state index in [1.807, 2.05) is 31.2 Å². The highest BCUT2D eigenvalue weighted by molar-refractivity contribution is 5.85. The van der Waals surface area contributed by atoms with Gasteiger partial charge in [-0.25, -0.2) is 0 Å². The minimum Gasteiger partial charge on any atom is -0.490 e. The van der Waals surface area contributed by atoms with Crippen LogP contribution in [0.4, 0.5) is 0 Å². The molecule has 0 spiro atoms. The van der Waals surface area contributed by atoms with Gasteiger partial charge in [-0.15, -0.1) is 24.8 Å². The fourth-order valence-electron chi connectivity index (χ4n) is 3.31. The van der Waals surface area contributed by atoms with Crippen molar-refractivity contribution in [1.82, 2.24) is 9.80 Å². The van der Waals surface area contributed by atoms with Crippen molar-refractivity contribution in [3.8, 4) is 11.5 Å². The number of para-hydroxylation sites is 2. The van der Waals surface area contributed by atoms with Crippen LogP contribution in [0.1, 0.15) is 25.0 Å². The SMILES string of the molecule is CCOc1ccccc1OC(CCN1CCN(C)CC1)c1ccccc1.Cl.Cl.O. The summed E-state index contributed by atoms with van der Waals surface area (Å²) in [6, 6.07) is 18.5. The normalized spacial score (nSPS) is 15.2. The van der Waals surface area contributed by atoms with Crippen LogP contribution in [-0.2, 0) is 0 Å². The average molecular weight is 445 g/mol. The van der Waals surface area contributed by atoms with Crippen LogP contribution >= 0.6 is 24.8 Å². The molecule has 7 heteroatoms. The Morgan fingerprint density at radius 3 is 2.07 bits per heavy atom. The van der Waals surface area contributed by atoms with Crippen LogP contribution in [0.5, 0.6) is 11.5 Å². The van der Waals surface area contributed by atoms with E-state index in [0.717, 1.165) is 50.6 Å². The second-order valence-corrected chi connectivity index (χ2v) is 6.83. The molecule has 0 aliphatic carbocycles. The van der Waals surface area contributed by atoms with Gasteiger partial charge in [0.25, 0.3) is 0 Å². The first-order chi connectivity index (χ1) is 12.8. The third-order valence-corrected chi connectivity index (χ3v) is 4.89. The molecule has 1 aliphatic rings. The molecule has 0 bridgehead atoms. The number of benzene rings is 2. The second-order valence-electron chi connectivity index (χ2n) is 6.83. The average Bonchev–Trinajstić information content (AvgIpc) is 2.68. The Morgan fingerprint density at radius 2 is 1.45 bits per heavy atom. The summed E-state index contributed by atoms with van der Waals surface area (Å²) in [5.41, 5.74) is 1.22. The van der Waals surface area contributed by atoms with Gasteiger partial charge in [0.1, 0.15) is 6.10 Å². The van der Waals surface area contributed by atoms with E-state index in [1.54, 1.807) is 0 Å². The largest absolute Gasteiger partial charge is 0.490 e. The number of rotatable bonds is 8. The first-order valence-corrected chi connectivity index (χ1v) is 9.60. The Bertz CT molecular complexity index is 668. The van der Waals surface area contributed by atoms with E-state index in [4.69, 9.17) is 9.47 Å². The van der Waals surface area contributed by atoms with Crippen molar-refractivity contribution in [2.45, 2.75) is 19.4 Å². The highest BCUT2D eigenvalue weighted by Gasteiger charge is 2.19. The van der Waals surface area contributed by atoms with E-state index in [0.29, 0.717) is 6.61 Å². The summed E-state index contributed by atoms with van der Waals surface area (Å²) in [7, 11) is 2.19. The van der Waals surface area contributed by atoms with E-state index >= 15 is 0 Å². The number of halogens is 2. The Kier molecular flexibility index (Phi) is 13.7. The molecule has 29 heavy (non-hydrogen) atoms. The molecule has 0 saturated carbocycles. The number of nitrogens with zero attached hydrogens (tertiary/aromatic N) is 2. The molecule has 2 aromatic carbocycles. The Hall–Kier alpha value is -1.50. The summed E-state index contributed by atoms with van der Waals surface area (Å²) in [6.07, 6.45) is 0.992. The lowest BCUT2D eigenvalue weighted by Crippen LogP contribution is -2.45. The van der Waals surface area contributed by atoms with Gasteiger partial charge in [-0.1, -0.05) is 42.5 Å². The maximum Gasteiger partial charge on any atom is 0.162 e. The number of hydrogen-bond acceptors (Lipinski definition) is 4. The molecular formula is C22H34Cl2N2O3. The summed E-state index contributed by atoms with van der Waals surface area (Å²) >= 11 is 0. The van der Waals surface area contributed by atoms with E-state index in [2.05, 4.69) is 47.2 Å². The quantitative estimate of drug-likeness (QED) is 0.619. The molecule has 2 aromatic rings. The molecule has 1 aliphatic heterocycles. The zero-order valence-corrected chi connectivity index (χ0v) is 18.9. The van der Waals surface area contributed by atoms with Crippen LogP contribution in [0.15, 0.2) is 54.6 Å². The van der Waals surface area contributed by atoms with Crippen molar-refractivity contribution in [1.29, 1.82) is 0 Å². The number of piperazine rings is 1. The minimum atomic E-state index is 0. The van der Waals surface area contributed by atoms with Gasteiger partial charge < -0.3 is 24.7 Å². The van der Waals surface area contributed by atoms with Gasteiger partial charge in [0.05, 0.1) is 6.61 Å². The molecule has 5 nitrogen and oxygen atoms in total. The van der Waals surface area contributed by atoms with Gasteiger partial charge in [-0.3, -0.25) is 0 Å². The molecular weight excluding hydrogens is 411 g/mol. The maximum atomic E-state index is 6.43. The predicted octanol–water partition coefficient (Wildman–Crippen LogP) is 3.86. The molecule has 0 amide bonds. The third-order valence-electron chi connectivity index (χ3n) is 4.89. The van der Waals surface area contributed by atoms with Crippen LogP contribution in [0.3, 0.4) is 0 Å². The van der Waals surface area contributed by atoms with Crippen molar-refractivity contribution in [3.05, 3.63) is 60.2 Å². The van der Waals surface area contributed by atoms with Crippen LogP contribution in [0.2, 0.25) is 0 Å².